The number of pyridine rings is 1. The molecule has 0 unspecified atom stereocenters. The highest BCUT2D eigenvalue weighted by Gasteiger charge is 2.33. The summed E-state index contributed by atoms with van der Waals surface area (Å²) < 4.78 is 32.7. The summed E-state index contributed by atoms with van der Waals surface area (Å²) in [7, 11) is -3.59. The van der Waals surface area contributed by atoms with Crippen molar-refractivity contribution < 1.29 is 17.6 Å². The predicted octanol–water partition coefficient (Wildman–Crippen LogP) is 2.89. The Kier molecular flexibility index (Phi) is 5.63. The van der Waals surface area contributed by atoms with Gasteiger partial charge >= 0.3 is 6.01 Å². The zero-order chi connectivity index (χ0) is 20.4. The van der Waals surface area contributed by atoms with Crippen molar-refractivity contribution in [3.63, 3.8) is 0 Å². The number of thiophene rings is 1. The van der Waals surface area contributed by atoms with E-state index in [1.165, 1.54) is 10.4 Å². The summed E-state index contributed by atoms with van der Waals surface area (Å²) in [6, 6.07) is 8.31. The van der Waals surface area contributed by atoms with E-state index in [2.05, 4.69) is 20.5 Å². The number of nitrogens with zero attached hydrogens (tertiary/aromatic N) is 4. The molecule has 1 aliphatic rings. The van der Waals surface area contributed by atoms with Gasteiger partial charge < -0.3 is 4.42 Å². The summed E-state index contributed by atoms with van der Waals surface area (Å²) in [4.78, 5) is 16.6. The maximum atomic E-state index is 12.6. The van der Waals surface area contributed by atoms with Crippen molar-refractivity contribution in [3.05, 3.63) is 40.9 Å². The van der Waals surface area contributed by atoms with Crippen molar-refractivity contribution in [1.82, 2.24) is 19.5 Å². The van der Waals surface area contributed by atoms with Crippen molar-refractivity contribution in [3.8, 4) is 11.6 Å². The maximum Gasteiger partial charge on any atom is 0.322 e. The molecule has 0 aromatic carbocycles. The van der Waals surface area contributed by atoms with Crippen LogP contribution in [-0.2, 0) is 14.8 Å². The van der Waals surface area contributed by atoms with Crippen molar-refractivity contribution in [2.24, 2.45) is 5.92 Å². The zero-order valence-corrected chi connectivity index (χ0v) is 17.4. The van der Waals surface area contributed by atoms with Crippen LogP contribution in [0, 0.1) is 5.92 Å². The van der Waals surface area contributed by atoms with Crippen LogP contribution in [-0.4, -0.2) is 46.9 Å². The van der Waals surface area contributed by atoms with E-state index in [-0.39, 0.29) is 41.0 Å². The second-order valence-electron chi connectivity index (χ2n) is 6.35. The van der Waals surface area contributed by atoms with Gasteiger partial charge in [-0.2, -0.15) is 4.31 Å². The number of carbonyl (C=O) groups excluding carboxylic acids is 1. The fraction of sp³-hybridized carbons (Fsp3) is 0.294. The number of nitrogens with one attached hydrogen (secondary N) is 1. The summed E-state index contributed by atoms with van der Waals surface area (Å²) in [5.41, 5.74) is 0.507. The average Bonchev–Trinajstić information content (AvgIpc) is 3.38. The standard InChI is InChI=1S/C17H16ClN5O4S2/c18-13-4-5-14(28-13)29(25,26)23-9-6-11(7-10-23)15(24)20-17-22-21-16(27-17)12-3-1-2-8-19-12/h1-5,8,11H,6-7,9-10H2,(H,20,22,24). The first kappa shape index (κ1) is 20.0. The van der Waals surface area contributed by atoms with Crippen LogP contribution in [0.2, 0.25) is 4.34 Å². The van der Waals surface area contributed by atoms with Gasteiger partial charge in [-0.1, -0.05) is 22.8 Å². The number of anilines is 1. The third kappa shape index (κ3) is 4.32. The van der Waals surface area contributed by atoms with E-state index in [1.807, 2.05) is 0 Å². The van der Waals surface area contributed by atoms with Crippen LogP contribution < -0.4 is 5.32 Å². The number of sulfonamides is 1. The Balaban J connectivity index is 1.35. The Hall–Kier alpha value is -2.34. The third-order valence-corrected chi connectivity index (χ3v) is 8.10. The smallest absolute Gasteiger partial charge is 0.322 e. The number of carbonyl (C=O) groups is 1. The fourth-order valence-corrected chi connectivity index (χ4v) is 6.10. The first-order chi connectivity index (χ1) is 13.9. The second-order valence-corrected chi connectivity index (χ2v) is 10.2. The lowest BCUT2D eigenvalue weighted by atomic mass is 9.97. The molecule has 12 heteroatoms. The molecule has 1 N–H and O–H groups in total. The van der Waals surface area contributed by atoms with Crippen molar-refractivity contribution in [1.29, 1.82) is 0 Å². The summed E-state index contributed by atoms with van der Waals surface area (Å²) in [5, 5.41) is 10.3. The van der Waals surface area contributed by atoms with Crippen molar-refractivity contribution in [2.75, 3.05) is 18.4 Å². The number of amides is 1. The minimum absolute atomic E-state index is 0.0149. The van der Waals surface area contributed by atoms with Gasteiger partial charge in [0.15, 0.2) is 0 Å². The highest BCUT2D eigenvalue weighted by molar-refractivity contribution is 7.91. The van der Waals surface area contributed by atoms with Crippen LogP contribution in [0.3, 0.4) is 0 Å². The second kappa shape index (κ2) is 8.19. The average molecular weight is 454 g/mol. The van der Waals surface area contributed by atoms with Gasteiger partial charge in [-0.3, -0.25) is 15.1 Å². The minimum Gasteiger partial charge on any atom is -0.401 e. The van der Waals surface area contributed by atoms with Gasteiger partial charge in [0, 0.05) is 25.2 Å². The lowest BCUT2D eigenvalue weighted by Crippen LogP contribution is -2.41. The number of hydrogen-bond donors (Lipinski definition) is 1. The molecule has 4 heterocycles. The Bertz CT molecular complexity index is 1110. The number of rotatable bonds is 5. The molecular formula is C17H16ClN5O4S2. The zero-order valence-electron chi connectivity index (χ0n) is 15.0. The fourth-order valence-electron chi connectivity index (χ4n) is 3.00. The highest BCUT2D eigenvalue weighted by Crippen LogP contribution is 2.31. The summed E-state index contributed by atoms with van der Waals surface area (Å²) in [6.45, 7) is 0.498. The van der Waals surface area contributed by atoms with Gasteiger partial charge in [0.05, 0.1) is 4.34 Å². The number of piperidine rings is 1. The van der Waals surface area contributed by atoms with Gasteiger partial charge in [-0.25, -0.2) is 8.42 Å². The molecule has 0 saturated carbocycles. The summed E-state index contributed by atoms with van der Waals surface area (Å²) >= 11 is 6.87. The van der Waals surface area contributed by atoms with Crippen LogP contribution in [0.4, 0.5) is 6.01 Å². The van der Waals surface area contributed by atoms with E-state index in [9.17, 15) is 13.2 Å². The van der Waals surface area contributed by atoms with Crippen LogP contribution in [0.1, 0.15) is 12.8 Å². The third-order valence-electron chi connectivity index (χ3n) is 4.51. The molecule has 29 heavy (non-hydrogen) atoms. The van der Waals surface area contributed by atoms with E-state index in [1.54, 1.807) is 30.5 Å². The Morgan fingerprint density at radius 1 is 1.21 bits per heavy atom. The molecule has 0 spiro atoms. The molecule has 1 amide bonds. The van der Waals surface area contributed by atoms with Gasteiger partial charge in [-0.15, -0.1) is 16.4 Å². The molecule has 1 fully saturated rings. The maximum absolute atomic E-state index is 12.6. The van der Waals surface area contributed by atoms with Gasteiger partial charge in [0.2, 0.25) is 5.91 Å². The molecule has 0 atom stereocenters. The van der Waals surface area contributed by atoms with Crippen molar-refractivity contribution >= 4 is 44.9 Å². The molecule has 3 aromatic rings. The monoisotopic (exact) mass is 453 g/mol. The Labute approximate surface area is 175 Å². The summed E-state index contributed by atoms with van der Waals surface area (Å²) in [5.74, 6) is -0.424. The van der Waals surface area contributed by atoms with E-state index in [0.29, 0.717) is 22.9 Å². The van der Waals surface area contributed by atoms with Crippen LogP contribution in [0.5, 0.6) is 0 Å². The normalized spacial score (nSPS) is 16.0. The summed E-state index contributed by atoms with van der Waals surface area (Å²) in [6.07, 6.45) is 2.39. The lowest BCUT2D eigenvalue weighted by Gasteiger charge is -2.29. The number of hydrogen-bond acceptors (Lipinski definition) is 8. The van der Waals surface area contributed by atoms with Gasteiger partial charge in [0.1, 0.15) is 9.90 Å². The molecule has 152 valence electrons. The van der Waals surface area contributed by atoms with E-state index >= 15 is 0 Å². The van der Waals surface area contributed by atoms with E-state index in [0.717, 1.165) is 11.3 Å². The van der Waals surface area contributed by atoms with Crippen LogP contribution in [0.25, 0.3) is 11.6 Å². The molecule has 0 aliphatic carbocycles. The molecule has 9 nitrogen and oxygen atoms in total. The lowest BCUT2D eigenvalue weighted by molar-refractivity contribution is -0.121. The topological polar surface area (TPSA) is 118 Å². The number of aromatic nitrogens is 3. The first-order valence-electron chi connectivity index (χ1n) is 8.75. The quantitative estimate of drug-likeness (QED) is 0.630. The minimum atomic E-state index is -3.59. The molecule has 4 rings (SSSR count). The Morgan fingerprint density at radius 3 is 2.66 bits per heavy atom. The molecule has 1 saturated heterocycles. The van der Waals surface area contributed by atoms with Crippen molar-refractivity contribution in [2.45, 2.75) is 17.1 Å². The SMILES string of the molecule is O=C(Nc1nnc(-c2ccccn2)o1)C1CCN(S(=O)(=O)c2ccc(Cl)s2)CC1. The van der Waals surface area contributed by atoms with Crippen LogP contribution >= 0.6 is 22.9 Å². The van der Waals surface area contributed by atoms with E-state index in [4.69, 9.17) is 16.0 Å². The molecule has 3 aromatic heterocycles. The van der Waals surface area contributed by atoms with Crippen LogP contribution in [0.15, 0.2) is 45.2 Å². The number of halogens is 1. The largest absolute Gasteiger partial charge is 0.401 e. The first-order valence-corrected chi connectivity index (χ1v) is 11.4. The van der Waals surface area contributed by atoms with Gasteiger partial charge in [0.25, 0.3) is 15.9 Å². The van der Waals surface area contributed by atoms with E-state index < -0.39 is 10.0 Å². The highest BCUT2D eigenvalue weighted by atomic mass is 35.5. The molecule has 1 aliphatic heterocycles. The molecular weight excluding hydrogens is 438 g/mol. The molecule has 0 radical (unpaired) electrons. The predicted molar refractivity (Wildman–Crippen MR) is 107 cm³/mol. The molecule has 0 bridgehead atoms. The van der Waals surface area contributed by atoms with Gasteiger partial charge in [-0.05, 0) is 37.1 Å². The Morgan fingerprint density at radius 2 is 2.00 bits per heavy atom.